The summed E-state index contributed by atoms with van der Waals surface area (Å²) >= 11 is 0. The van der Waals surface area contributed by atoms with Crippen molar-refractivity contribution in [2.24, 2.45) is 0 Å². The summed E-state index contributed by atoms with van der Waals surface area (Å²) in [6.45, 7) is 0. The molecular weight excluding hydrogens is 329 g/mol. The molecule has 0 saturated heterocycles. The van der Waals surface area contributed by atoms with Crippen LogP contribution in [0.1, 0.15) is 11.1 Å². The largest absolute Gasteiger partial charge is 0.453 e. The van der Waals surface area contributed by atoms with Gasteiger partial charge in [-0.25, -0.2) is 4.39 Å². The molecule has 0 saturated carbocycles. The van der Waals surface area contributed by atoms with Crippen molar-refractivity contribution in [2.45, 2.75) is 18.9 Å². The zero-order chi connectivity index (χ0) is 17.9. The van der Waals surface area contributed by atoms with Crippen molar-refractivity contribution in [3.05, 3.63) is 83.7 Å². The van der Waals surface area contributed by atoms with E-state index in [0.717, 1.165) is 18.6 Å². The van der Waals surface area contributed by atoms with E-state index in [1.54, 1.807) is 12.1 Å². The molecule has 1 N–H and O–H groups in total. The lowest BCUT2D eigenvalue weighted by molar-refractivity contribution is 0.415. The highest BCUT2D eigenvalue weighted by atomic mass is 19.1. The first-order chi connectivity index (χ1) is 12.7. The number of likely N-dealkylation sites (N-methyl/N-ethyl adjacent to an activating group) is 1. The van der Waals surface area contributed by atoms with E-state index in [2.05, 4.69) is 11.4 Å². The van der Waals surface area contributed by atoms with Gasteiger partial charge in [-0.1, -0.05) is 24.3 Å². The predicted octanol–water partition coefficient (Wildman–Crippen LogP) is 5.10. The summed E-state index contributed by atoms with van der Waals surface area (Å²) in [5.41, 5.74) is 2.56. The van der Waals surface area contributed by atoms with Crippen LogP contribution in [0.3, 0.4) is 0 Å². The van der Waals surface area contributed by atoms with Crippen molar-refractivity contribution in [2.75, 3.05) is 7.05 Å². The monoisotopic (exact) mass is 349 g/mol. The van der Waals surface area contributed by atoms with Crippen LogP contribution < -0.4 is 14.8 Å². The van der Waals surface area contributed by atoms with E-state index in [1.807, 2.05) is 43.4 Å². The first-order valence-corrected chi connectivity index (χ1v) is 8.71. The fourth-order valence-corrected chi connectivity index (χ4v) is 3.28. The van der Waals surface area contributed by atoms with Crippen LogP contribution >= 0.6 is 0 Å². The summed E-state index contributed by atoms with van der Waals surface area (Å²) in [4.78, 5) is 0. The Bertz CT molecular complexity index is 908. The minimum absolute atomic E-state index is 0.291. The third kappa shape index (κ3) is 3.41. The smallest absolute Gasteiger partial charge is 0.169 e. The van der Waals surface area contributed by atoms with Crippen LogP contribution in [0.15, 0.2) is 66.7 Å². The lowest BCUT2D eigenvalue weighted by atomic mass is 10.1. The number of hydrogen-bond donors (Lipinski definition) is 1. The normalized spacial score (nSPS) is 15.5. The lowest BCUT2D eigenvalue weighted by Gasteiger charge is -2.14. The molecule has 1 unspecified atom stereocenters. The Morgan fingerprint density at radius 2 is 1.50 bits per heavy atom. The second-order valence-corrected chi connectivity index (χ2v) is 6.39. The van der Waals surface area contributed by atoms with Gasteiger partial charge >= 0.3 is 0 Å². The molecule has 1 aliphatic rings. The van der Waals surface area contributed by atoms with Crippen LogP contribution in [0.4, 0.5) is 4.39 Å². The Morgan fingerprint density at radius 1 is 0.808 bits per heavy atom. The Labute approximate surface area is 152 Å². The van der Waals surface area contributed by atoms with E-state index in [4.69, 9.17) is 9.47 Å². The van der Waals surface area contributed by atoms with Crippen LogP contribution in [-0.2, 0) is 12.8 Å². The van der Waals surface area contributed by atoms with Crippen LogP contribution in [-0.4, -0.2) is 13.1 Å². The molecule has 0 aliphatic heterocycles. The van der Waals surface area contributed by atoms with Crippen LogP contribution in [0, 0.1) is 5.82 Å². The highest BCUT2D eigenvalue weighted by molar-refractivity contribution is 5.50. The fourth-order valence-electron chi connectivity index (χ4n) is 3.28. The van der Waals surface area contributed by atoms with E-state index < -0.39 is 0 Å². The lowest BCUT2D eigenvalue weighted by Crippen LogP contribution is -2.24. The Kier molecular flexibility index (Phi) is 4.59. The summed E-state index contributed by atoms with van der Waals surface area (Å²) in [6.07, 6.45) is 1.96. The number of nitrogens with one attached hydrogen (secondary N) is 1. The fraction of sp³-hybridized carbons (Fsp3) is 0.182. The van der Waals surface area contributed by atoms with Crippen molar-refractivity contribution >= 4 is 0 Å². The minimum Gasteiger partial charge on any atom is -0.453 e. The molecule has 0 amide bonds. The maximum atomic E-state index is 13.1. The van der Waals surface area contributed by atoms with Gasteiger partial charge < -0.3 is 14.8 Å². The zero-order valence-corrected chi connectivity index (χ0v) is 14.5. The third-order valence-electron chi connectivity index (χ3n) is 4.67. The molecule has 26 heavy (non-hydrogen) atoms. The van der Waals surface area contributed by atoms with E-state index in [-0.39, 0.29) is 5.82 Å². The van der Waals surface area contributed by atoms with Crippen molar-refractivity contribution < 1.29 is 13.9 Å². The summed E-state index contributed by atoms with van der Waals surface area (Å²) in [5, 5.41) is 3.34. The van der Waals surface area contributed by atoms with Crippen LogP contribution in [0.5, 0.6) is 23.0 Å². The standard InChI is InChI=1S/C22H20FNO2/c1-24-17-13-15-5-4-8-20(19(15)14-17)26-22-7-3-2-6-21(22)25-18-11-9-16(23)10-12-18/h2-12,17,24H,13-14H2,1H3. The van der Waals surface area contributed by atoms with Gasteiger partial charge in [0.1, 0.15) is 17.3 Å². The van der Waals surface area contributed by atoms with Gasteiger partial charge in [-0.15, -0.1) is 0 Å². The average molecular weight is 349 g/mol. The molecule has 0 radical (unpaired) electrons. The molecule has 1 atom stereocenters. The van der Waals surface area contributed by atoms with E-state index in [1.165, 1.54) is 23.3 Å². The van der Waals surface area contributed by atoms with Crippen molar-refractivity contribution in [3.63, 3.8) is 0 Å². The van der Waals surface area contributed by atoms with E-state index in [0.29, 0.717) is 23.3 Å². The molecule has 0 bridgehead atoms. The van der Waals surface area contributed by atoms with Gasteiger partial charge in [-0.3, -0.25) is 0 Å². The molecule has 3 nitrogen and oxygen atoms in total. The molecule has 132 valence electrons. The summed E-state index contributed by atoms with van der Waals surface area (Å²) in [6, 6.07) is 20.1. The van der Waals surface area contributed by atoms with Gasteiger partial charge in [-0.05, 0) is 73.5 Å². The molecule has 1 aliphatic carbocycles. The molecule has 0 fully saturated rings. The maximum Gasteiger partial charge on any atom is 0.169 e. The maximum absolute atomic E-state index is 13.1. The van der Waals surface area contributed by atoms with Gasteiger partial charge in [0.15, 0.2) is 11.5 Å². The zero-order valence-electron chi connectivity index (χ0n) is 14.5. The number of fused-ring (bicyclic) bond motifs is 1. The van der Waals surface area contributed by atoms with Crippen molar-refractivity contribution in [3.8, 4) is 23.0 Å². The predicted molar refractivity (Wildman–Crippen MR) is 99.7 cm³/mol. The SMILES string of the molecule is CNC1Cc2cccc(Oc3ccccc3Oc3ccc(F)cc3)c2C1. The summed E-state index contributed by atoms with van der Waals surface area (Å²) in [5.74, 6) is 2.37. The topological polar surface area (TPSA) is 30.5 Å². The van der Waals surface area contributed by atoms with Gasteiger partial charge in [0.25, 0.3) is 0 Å². The van der Waals surface area contributed by atoms with Gasteiger partial charge in [0.05, 0.1) is 0 Å². The molecule has 0 spiro atoms. The quantitative estimate of drug-likeness (QED) is 0.695. The van der Waals surface area contributed by atoms with Gasteiger partial charge in [0.2, 0.25) is 0 Å². The molecule has 3 aromatic carbocycles. The minimum atomic E-state index is -0.291. The second kappa shape index (κ2) is 7.18. The van der Waals surface area contributed by atoms with Crippen LogP contribution in [0.2, 0.25) is 0 Å². The number of para-hydroxylation sites is 2. The number of ether oxygens (including phenoxy) is 2. The summed E-state index contributed by atoms with van der Waals surface area (Å²) < 4.78 is 25.2. The van der Waals surface area contributed by atoms with Crippen LogP contribution in [0.25, 0.3) is 0 Å². The summed E-state index contributed by atoms with van der Waals surface area (Å²) in [7, 11) is 1.99. The Balaban J connectivity index is 1.60. The molecule has 0 heterocycles. The average Bonchev–Trinajstić information content (AvgIpc) is 3.10. The Morgan fingerprint density at radius 3 is 2.23 bits per heavy atom. The van der Waals surface area contributed by atoms with E-state index >= 15 is 0 Å². The molecule has 3 aromatic rings. The molecular formula is C22H20FNO2. The van der Waals surface area contributed by atoms with Gasteiger partial charge in [0, 0.05) is 6.04 Å². The van der Waals surface area contributed by atoms with Gasteiger partial charge in [-0.2, -0.15) is 0 Å². The second-order valence-electron chi connectivity index (χ2n) is 6.39. The number of benzene rings is 3. The Hall–Kier alpha value is -2.85. The highest BCUT2D eigenvalue weighted by Gasteiger charge is 2.23. The molecule has 4 heteroatoms. The number of halogens is 1. The molecule has 0 aromatic heterocycles. The molecule has 4 rings (SSSR count). The van der Waals surface area contributed by atoms with Crippen molar-refractivity contribution in [1.82, 2.24) is 5.32 Å². The first kappa shape index (κ1) is 16.6. The first-order valence-electron chi connectivity index (χ1n) is 8.71. The number of rotatable bonds is 5. The number of hydrogen-bond acceptors (Lipinski definition) is 3. The highest BCUT2D eigenvalue weighted by Crippen LogP contribution is 2.38. The van der Waals surface area contributed by atoms with E-state index in [9.17, 15) is 4.39 Å². The van der Waals surface area contributed by atoms with Crippen molar-refractivity contribution in [1.29, 1.82) is 0 Å². The third-order valence-corrected chi connectivity index (χ3v) is 4.67.